The van der Waals surface area contributed by atoms with Crippen molar-refractivity contribution >= 4 is 34.9 Å². The Morgan fingerprint density at radius 1 is 1.05 bits per heavy atom. The Balaban J connectivity index is 1.92. The fraction of sp³-hybridized carbons (Fsp3) is 0.414. The predicted octanol–water partition coefficient (Wildman–Crippen LogP) is 8.31. The lowest BCUT2D eigenvalue weighted by molar-refractivity contribution is -0.211. The first kappa shape index (κ1) is 32.2. The Kier molecular flexibility index (Phi) is 9.62. The summed E-state index contributed by atoms with van der Waals surface area (Å²) in [4.78, 5) is 21.1. The van der Waals surface area contributed by atoms with Crippen molar-refractivity contribution in [3.63, 3.8) is 0 Å². The van der Waals surface area contributed by atoms with Crippen LogP contribution in [0.5, 0.6) is 0 Å². The molecular formula is C29H30ClF6N3O2. The third kappa shape index (κ3) is 7.49. The summed E-state index contributed by atoms with van der Waals surface area (Å²) in [6.45, 7) is 4.81. The number of aliphatic imine (C=N–C) groups is 2. The molecule has 1 heterocycles. The van der Waals surface area contributed by atoms with Crippen molar-refractivity contribution in [2.24, 2.45) is 15.4 Å². The van der Waals surface area contributed by atoms with E-state index in [1.165, 1.54) is 19.2 Å². The molecular weight excluding hydrogens is 572 g/mol. The van der Waals surface area contributed by atoms with E-state index in [2.05, 4.69) is 15.3 Å². The number of carbonyl (C=O) groups excluding carboxylic acids is 1. The second-order valence-corrected chi connectivity index (χ2v) is 10.8. The van der Waals surface area contributed by atoms with Crippen LogP contribution in [0.4, 0.5) is 26.3 Å². The van der Waals surface area contributed by atoms with Crippen LogP contribution in [0, 0.1) is 5.41 Å². The number of nitrogens with one attached hydrogen (secondary N) is 1. The molecule has 0 saturated carbocycles. The minimum Gasteiger partial charge on any atom is -0.467 e. The average molecular weight is 602 g/mol. The number of rotatable bonds is 6. The van der Waals surface area contributed by atoms with Gasteiger partial charge in [0, 0.05) is 17.1 Å². The van der Waals surface area contributed by atoms with E-state index >= 15 is 0 Å². The van der Waals surface area contributed by atoms with Gasteiger partial charge in [-0.2, -0.15) is 36.3 Å². The molecule has 2 aromatic carbocycles. The molecule has 222 valence electrons. The maximum absolute atomic E-state index is 13.5. The molecule has 1 aliphatic rings. The maximum atomic E-state index is 13.5. The number of ether oxygens (including phenoxy) is 1. The Morgan fingerprint density at radius 3 is 2.32 bits per heavy atom. The first-order valence-corrected chi connectivity index (χ1v) is 13.1. The monoisotopic (exact) mass is 601 g/mol. The zero-order valence-electron chi connectivity index (χ0n) is 23.1. The first-order valence-electron chi connectivity index (χ1n) is 12.7. The highest BCUT2D eigenvalue weighted by Crippen LogP contribution is 2.38. The number of allylic oxidation sites excluding steroid dienone is 1. The van der Waals surface area contributed by atoms with Crippen molar-refractivity contribution in [3.8, 4) is 0 Å². The van der Waals surface area contributed by atoms with Gasteiger partial charge in [0.1, 0.15) is 5.41 Å². The minimum absolute atomic E-state index is 0.0568. The Morgan fingerprint density at radius 2 is 1.73 bits per heavy atom. The highest BCUT2D eigenvalue weighted by molar-refractivity contribution is 6.32. The van der Waals surface area contributed by atoms with Crippen molar-refractivity contribution in [2.45, 2.75) is 65.4 Å². The number of nitrogens with zero attached hydrogens (tertiary/aromatic N) is 2. The van der Waals surface area contributed by atoms with Crippen LogP contribution in [0.3, 0.4) is 0 Å². The van der Waals surface area contributed by atoms with Gasteiger partial charge in [-0.25, -0.2) is 0 Å². The molecule has 0 aliphatic carbocycles. The van der Waals surface area contributed by atoms with E-state index in [4.69, 9.17) is 16.3 Å². The van der Waals surface area contributed by atoms with Crippen molar-refractivity contribution in [1.29, 1.82) is 0 Å². The van der Waals surface area contributed by atoms with Crippen molar-refractivity contribution < 1.29 is 35.9 Å². The Bertz CT molecular complexity index is 1390. The summed E-state index contributed by atoms with van der Waals surface area (Å²) < 4.78 is 85.5. The third-order valence-corrected chi connectivity index (χ3v) is 7.03. The predicted molar refractivity (Wildman–Crippen MR) is 147 cm³/mol. The molecule has 12 heteroatoms. The normalized spacial score (nSPS) is 15.0. The lowest BCUT2D eigenvalue weighted by Crippen LogP contribution is -2.46. The molecule has 41 heavy (non-hydrogen) atoms. The van der Waals surface area contributed by atoms with Crippen LogP contribution in [0.25, 0.3) is 5.70 Å². The lowest BCUT2D eigenvalue weighted by Gasteiger charge is -2.26. The summed E-state index contributed by atoms with van der Waals surface area (Å²) in [6.07, 6.45) is -6.67. The van der Waals surface area contributed by atoms with Crippen LogP contribution in [0.15, 0.2) is 52.5 Å². The molecule has 0 aromatic heterocycles. The van der Waals surface area contributed by atoms with E-state index in [0.29, 0.717) is 46.0 Å². The topological polar surface area (TPSA) is 63.0 Å². The van der Waals surface area contributed by atoms with E-state index < -0.39 is 29.2 Å². The summed E-state index contributed by atoms with van der Waals surface area (Å²) in [7, 11) is 1.35. The molecule has 2 aromatic rings. The fourth-order valence-electron chi connectivity index (χ4n) is 4.05. The average Bonchev–Trinajstić information content (AvgIpc) is 2.86. The highest BCUT2D eigenvalue weighted by Gasteiger charge is 2.52. The number of benzene rings is 2. The number of amidine groups is 1. The van der Waals surface area contributed by atoms with Crippen LogP contribution in [0.2, 0.25) is 5.02 Å². The Hall–Kier alpha value is -3.34. The molecule has 0 saturated heterocycles. The number of hydrogen-bond donors (Lipinski definition) is 1. The highest BCUT2D eigenvalue weighted by atomic mass is 35.5. The largest absolute Gasteiger partial charge is 0.467 e. The van der Waals surface area contributed by atoms with Crippen LogP contribution in [-0.4, -0.2) is 30.9 Å². The van der Waals surface area contributed by atoms with Crippen LogP contribution < -0.4 is 5.32 Å². The van der Waals surface area contributed by atoms with Gasteiger partial charge in [-0.05, 0) is 73.6 Å². The molecule has 1 N–H and O–H groups in total. The molecule has 0 fully saturated rings. The molecule has 0 spiro atoms. The van der Waals surface area contributed by atoms with Gasteiger partial charge in [-0.15, -0.1) is 0 Å². The van der Waals surface area contributed by atoms with Gasteiger partial charge in [0.2, 0.25) is 5.91 Å². The molecule has 3 rings (SSSR count). The number of carbonyl (C=O) groups is 1. The number of amides is 1. The van der Waals surface area contributed by atoms with Gasteiger partial charge < -0.3 is 10.1 Å². The van der Waals surface area contributed by atoms with Crippen LogP contribution in [-0.2, 0) is 22.3 Å². The zero-order chi connectivity index (χ0) is 30.8. The van der Waals surface area contributed by atoms with Crippen molar-refractivity contribution in [2.75, 3.05) is 7.11 Å². The summed E-state index contributed by atoms with van der Waals surface area (Å²) in [5.74, 6) is -1.54. The molecule has 0 radical (unpaired) electrons. The Labute approximate surface area is 239 Å². The number of halogens is 7. The molecule has 1 aliphatic heterocycles. The molecule has 1 amide bonds. The third-order valence-electron chi connectivity index (χ3n) is 6.70. The standard InChI is InChI=1S/C29H30ClF6N3O2/c1-16(2)19-14-18(10-11-21(19)28(31,32)33)23-7-6-8-24(39-26(38-23)41-5)20-13-17(9-12-22(20)30)15-37-25(40)27(3,4)29(34,35)36/h8-14,16H,6-7,15H2,1-5H3,(H,37,40). The van der Waals surface area contributed by atoms with Gasteiger partial charge in [0.15, 0.2) is 0 Å². The van der Waals surface area contributed by atoms with E-state index in [-0.39, 0.29) is 24.0 Å². The van der Waals surface area contributed by atoms with Crippen molar-refractivity contribution in [3.05, 3.63) is 75.3 Å². The quantitative estimate of drug-likeness (QED) is 0.339. The zero-order valence-corrected chi connectivity index (χ0v) is 23.9. The smallest absolute Gasteiger partial charge is 0.416 e. The summed E-state index contributed by atoms with van der Waals surface area (Å²) >= 11 is 6.42. The molecule has 0 atom stereocenters. The van der Waals surface area contributed by atoms with E-state index in [1.54, 1.807) is 38.1 Å². The SMILES string of the molecule is COC1=NC(c2cc(CNC(=O)C(C)(C)C(F)(F)F)ccc2Cl)=CCCC(c2ccc(C(F)(F)F)c(C(C)C)c2)=N1. The molecule has 5 nitrogen and oxygen atoms in total. The second-order valence-electron chi connectivity index (χ2n) is 10.4. The van der Waals surface area contributed by atoms with Gasteiger partial charge in [-0.1, -0.05) is 43.7 Å². The number of alkyl halides is 6. The van der Waals surface area contributed by atoms with Gasteiger partial charge in [0.25, 0.3) is 0 Å². The summed E-state index contributed by atoms with van der Waals surface area (Å²) in [6, 6.07) is 8.57. The maximum Gasteiger partial charge on any atom is 0.416 e. The molecule has 0 unspecified atom stereocenters. The minimum atomic E-state index is -4.72. The van der Waals surface area contributed by atoms with Crippen molar-refractivity contribution in [1.82, 2.24) is 5.32 Å². The first-order chi connectivity index (χ1) is 19.0. The lowest BCUT2D eigenvalue weighted by atomic mass is 9.91. The van der Waals surface area contributed by atoms with Gasteiger partial charge in [0.05, 0.1) is 24.1 Å². The van der Waals surface area contributed by atoms with Gasteiger partial charge >= 0.3 is 18.4 Å². The van der Waals surface area contributed by atoms with E-state index in [0.717, 1.165) is 19.9 Å². The fourth-order valence-corrected chi connectivity index (χ4v) is 4.26. The number of hydrogen-bond acceptors (Lipinski definition) is 4. The van der Waals surface area contributed by atoms with Crippen LogP contribution in [0.1, 0.15) is 74.3 Å². The number of methoxy groups -OCH3 is 1. The second kappa shape index (κ2) is 12.3. The van der Waals surface area contributed by atoms with Gasteiger partial charge in [-0.3, -0.25) is 4.79 Å². The summed E-state index contributed by atoms with van der Waals surface area (Å²) in [5, 5.41) is 2.61. The van der Waals surface area contributed by atoms with E-state index in [9.17, 15) is 31.1 Å². The molecule has 0 bridgehead atoms. The van der Waals surface area contributed by atoms with Crippen LogP contribution >= 0.6 is 11.6 Å². The summed E-state index contributed by atoms with van der Waals surface area (Å²) in [5.41, 5.74) is -0.789. The van der Waals surface area contributed by atoms with E-state index in [1.807, 2.05) is 0 Å².